The molecule has 6 nitrogen and oxygen atoms in total. The lowest BCUT2D eigenvalue weighted by Gasteiger charge is -2.20. The highest BCUT2D eigenvalue weighted by molar-refractivity contribution is 7.13. The van der Waals surface area contributed by atoms with Crippen molar-refractivity contribution in [2.24, 2.45) is 0 Å². The highest BCUT2D eigenvalue weighted by Gasteiger charge is 2.22. The lowest BCUT2D eigenvalue weighted by molar-refractivity contribution is 0.102. The van der Waals surface area contributed by atoms with Gasteiger partial charge in [-0.15, -0.1) is 11.3 Å². The van der Waals surface area contributed by atoms with Crippen LogP contribution >= 0.6 is 11.3 Å². The summed E-state index contributed by atoms with van der Waals surface area (Å²) in [4.78, 5) is 29.6. The quantitative estimate of drug-likeness (QED) is 0.759. The van der Waals surface area contributed by atoms with Crippen molar-refractivity contribution in [2.75, 3.05) is 23.3 Å². The van der Waals surface area contributed by atoms with E-state index in [4.69, 9.17) is 4.98 Å². The van der Waals surface area contributed by atoms with E-state index in [2.05, 4.69) is 20.2 Å². The molecule has 3 heterocycles. The van der Waals surface area contributed by atoms with Gasteiger partial charge in [0.25, 0.3) is 5.91 Å². The van der Waals surface area contributed by atoms with Gasteiger partial charge in [-0.05, 0) is 38.3 Å². The topological polar surface area (TPSA) is 71.0 Å². The first-order valence-corrected chi connectivity index (χ1v) is 9.76. The summed E-state index contributed by atoms with van der Waals surface area (Å²) >= 11 is 1.44. The summed E-state index contributed by atoms with van der Waals surface area (Å²) in [7, 11) is 0. The number of amides is 1. The minimum absolute atomic E-state index is 0.162. The van der Waals surface area contributed by atoms with Crippen molar-refractivity contribution in [1.29, 1.82) is 0 Å². The molecule has 1 aromatic carbocycles. The van der Waals surface area contributed by atoms with E-state index in [0.29, 0.717) is 10.7 Å². The number of nitrogens with one attached hydrogen (secondary N) is 1. The Morgan fingerprint density at radius 2 is 1.85 bits per heavy atom. The van der Waals surface area contributed by atoms with E-state index in [1.165, 1.54) is 11.3 Å². The molecule has 7 heteroatoms. The van der Waals surface area contributed by atoms with Gasteiger partial charge in [0.1, 0.15) is 4.88 Å². The number of fused-ring (bicyclic) bond motifs is 1. The van der Waals surface area contributed by atoms with Crippen molar-refractivity contribution in [1.82, 2.24) is 15.0 Å². The molecule has 0 unspecified atom stereocenters. The Kier molecular flexibility index (Phi) is 4.55. The fraction of sp³-hybridized carbons (Fsp3) is 0.368. The van der Waals surface area contributed by atoms with Crippen LogP contribution in [0.5, 0.6) is 0 Å². The predicted octanol–water partition coefficient (Wildman–Crippen LogP) is 3.81. The molecular weight excluding hydrogens is 346 g/mol. The number of nitrogens with zero attached hydrogens (tertiary/aromatic N) is 4. The largest absolute Gasteiger partial charge is 0.354 e. The molecule has 26 heavy (non-hydrogen) atoms. The van der Waals surface area contributed by atoms with Crippen LogP contribution in [0.1, 0.15) is 40.1 Å². The van der Waals surface area contributed by atoms with Crippen LogP contribution in [-0.4, -0.2) is 33.9 Å². The number of anilines is 2. The maximum Gasteiger partial charge on any atom is 0.268 e. The summed E-state index contributed by atoms with van der Waals surface area (Å²) in [5.41, 5.74) is 2.39. The van der Waals surface area contributed by atoms with Crippen molar-refractivity contribution in [3.63, 3.8) is 0 Å². The van der Waals surface area contributed by atoms with Gasteiger partial charge in [0.05, 0.1) is 21.7 Å². The van der Waals surface area contributed by atoms with Gasteiger partial charge in [0.15, 0.2) is 11.6 Å². The molecule has 0 spiro atoms. The fourth-order valence-corrected chi connectivity index (χ4v) is 4.10. The van der Waals surface area contributed by atoms with E-state index >= 15 is 0 Å². The Hall–Kier alpha value is -2.54. The van der Waals surface area contributed by atoms with Gasteiger partial charge in [0, 0.05) is 13.1 Å². The lowest BCUT2D eigenvalue weighted by atomic mass is 10.3. The summed E-state index contributed by atoms with van der Waals surface area (Å²) in [5.74, 6) is 1.12. The molecule has 0 aliphatic carbocycles. The third-order valence-corrected chi connectivity index (χ3v) is 5.84. The van der Waals surface area contributed by atoms with Gasteiger partial charge in [0.2, 0.25) is 0 Å². The second kappa shape index (κ2) is 6.99. The number of carbonyl (C=O) groups excluding carboxylic acids is 1. The molecular formula is C19H21N5OS. The van der Waals surface area contributed by atoms with Crippen LogP contribution in [0.2, 0.25) is 0 Å². The van der Waals surface area contributed by atoms with Crippen molar-refractivity contribution >= 4 is 39.9 Å². The zero-order valence-corrected chi connectivity index (χ0v) is 15.8. The van der Waals surface area contributed by atoms with Crippen LogP contribution in [0.25, 0.3) is 11.0 Å². The summed E-state index contributed by atoms with van der Waals surface area (Å²) in [5, 5.41) is 3.96. The molecule has 0 radical (unpaired) electrons. The van der Waals surface area contributed by atoms with Gasteiger partial charge in [-0.1, -0.05) is 19.1 Å². The van der Waals surface area contributed by atoms with Gasteiger partial charge in [-0.3, -0.25) is 4.79 Å². The maximum absolute atomic E-state index is 12.8. The Bertz CT molecular complexity index is 962. The first-order chi connectivity index (χ1) is 12.7. The number of benzene rings is 1. The number of aromatic nitrogens is 3. The van der Waals surface area contributed by atoms with E-state index in [0.717, 1.165) is 59.9 Å². The molecule has 1 aliphatic heterocycles. The van der Waals surface area contributed by atoms with Gasteiger partial charge in [-0.25, -0.2) is 15.0 Å². The van der Waals surface area contributed by atoms with E-state index in [-0.39, 0.29) is 5.91 Å². The molecule has 0 atom stereocenters. The molecule has 1 N–H and O–H groups in total. The smallest absolute Gasteiger partial charge is 0.268 e. The third kappa shape index (κ3) is 3.14. The molecule has 1 fully saturated rings. The van der Waals surface area contributed by atoms with Crippen LogP contribution < -0.4 is 10.2 Å². The normalized spacial score (nSPS) is 14.2. The highest BCUT2D eigenvalue weighted by Crippen LogP contribution is 2.29. The standard InChI is InChI=1S/C19H21N5OS/c1-3-15-20-12(2)16(26-15)19(25)23-17-18(24-10-6-7-11-24)22-14-9-5-4-8-13(14)21-17/h4-5,8-9H,3,6-7,10-11H2,1-2H3,(H,21,23,25). The number of hydrogen-bond acceptors (Lipinski definition) is 6. The average molecular weight is 367 g/mol. The molecule has 0 saturated carbocycles. The Balaban J connectivity index is 1.72. The number of rotatable bonds is 4. The summed E-state index contributed by atoms with van der Waals surface area (Å²) in [6, 6.07) is 7.75. The summed E-state index contributed by atoms with van der Waals surface area (Å²) < 4.78 is 0. The second-order valence-corrected chi connectivity index (χ2v) is 7.49. The molecule has 1 amide bonds. The van der Waals surface area contributed by atoms with Crippen LogP contribution in [0.15, 0.2) is 24.3 Å². The van der Waals surface area contributed by atoms with E-state index < -0.39 is 0 Å². The average Bonchev–Trinajstić information content (AvgIpc) is 3.30. The van der Waals surface area contributed by atoms with E-state index in [1.54, 1.807) is 0 Å². The van der Waals surface area contributed by atoms with Crippen molar-refractivity contribution in [3.8, 4) is 0 Å². The van der Waals surface area contributed by atoms with Gasteiger partial charge >= 0.3 is 0 Å². The third-order valence-electron chi connectivity index (χ3n) is 4.54. The lowest BCUT2D eigenvalue weighted by Crippen LogP contribution is -2.23. The number of hydrogen-bond donors (Lipinski definition) is 1. The molecule has 1 aliphatic rings. The molecule has 3 aromatic rings. The van der Waals surface area contributed by atoms with Crippen LogP contribution in [0.3, 0.4) is 0 Å². The molecule has 4 rings (SSSR count). The number of thiazole rings is 1. The summed E-state index contributed by atoms with van der Waals surface area (Å²) in [6.07, 6.45) is 3.10. The monoisotopic (exact) mass is 367 g/mol. The van der Waals surface area contributed by atoms with E-state index in [1.807, 2.05) is 38.1 Å². The SMILES string of the molecule is CCc1nc(C)c(C(=O)Nc2nc3ccccc3nc2N2CCCC2)s1. The zero-order chi connectivity index (χ0) is 18.1. The molecule has 134 valence electrons. The minimum Gasteiger partial charge on any atom is -0.354 e. The van der Waals surface area contributed by atoms with Crippen molar-refractivity contribution < 1.29 is 4.79 Å². The van der Waals surface area contributed by atoms with Crippen molar-refractivity contribution in [2.45, 2.75) is 33.1 Å². The number of carbonyl (C=O) groups is 1. The van der Waals surface area contributed by atoms with Crippen LogP contribution in [0, 0.1) is 6.92 Å². The molecule has 2 aromatic heterocycles. The van der Waals surface area contributed by atoms with Gasteiger partial charge < -0.3 is 10.2 Å². The molecule has 0 bridgehead atoms. The number of para-hydroxylation sites is 2. The Labute approximate surface area is 156 Å². The first kappa shape index (κ1) is 16.9. The van der Waals surface area contributed by atoms with Crippen molar-refractivity contribution in [3.05, 3.63) is 39.8 Å². The van der Waals surface area contributed by atoms with Crippen LogP contribution in [0.4, 0.5) is 11.6 Å². The fourth-order valence-electron chi connectivity index (χ4n) is 3.20. The molecule has 1 saturated heterocycles. The van der Waals surface area contributed by atoms with Gasteiger partial charge in [-0.2, -0.15) is 0 Å². The Morgan fingerprint density at radius 1 is 1.15 bits per heavy atom. The second-order valence-electron chi connectivity index (χ2n) is 6.41. The number of aryl methyl sites for hydroxylation is 2. The van der Waals surface area contributed by atoms with E-state index in [9.17, 15) is 4.79 Å². The highest BCUT2D eigenvalue weighted by atomic mass is 32.1. The first-order valence-electron chi connectivity index (χ1n) is 8.95. The minimum atomic E-state index is -0.162. The maximum atomic E-state index is 12.8. The zero-order valence-electron chi connectivity index (χ0n) is 15.0. The predicted molar refractivity (Wildman–Crippen MR) is 105 cm³/mol. The Morgan fingerprint density at radius 3 is 2.50 bits per heavy atom. The van der Waals surface area contributed by atoms with Crippen LogP contribution in [-0.2, 0) is 6.42 Å². The summed E-state index contributed by atoms with van der Waals surface area (Å²) in [6.45, 7) is 5.79.